The van der Waals surface area contributed by atoms with E-state index < -0.39 is 16.0 Å². The molecule has 0 radical (unpaired) electrons. The largest absolute Gasteiger partial charge is 0.481 e. The van der Waals surface area contributed by atoms with Gasteiger partial charge >= 0.3 is 5.97 Å². The normalized spacial score (nSPS) is 15.2. The zero-order valence-corrected chi connectivity index (χ0v) is 11.3. The van der Waals surface area contributed by atoms with E-state index in [1.54, 1.807) is 24.3 Å². The number of para-hydroxylation sites is 1. The Morgan fingerprint density at radius 1 is 1.26 bits per heavy atom. The maximum Gasteiger partial charge on any atom is 0.303 e. The molecule has 2 rings (SSSR count). The Labute approximate surface area is 112 Å². The van der Waals surface area contributed by atoms with E-state index >= 15 is 0 Å². The molecule has 0 bridgehead atoms. The zero-order valence-electron chi connectivity index (χ0n) is 10.5. The van der Waals surface area contributed by atoms with Crippen LogP contribution in [0.3, 0.4) is 0 Å². The van der Waals surface area contributed by atoms with Crippen LogP contribution in [0.2, 0.25) is 0 Å². The van der Waals surface area contributed by atoms with E-state index in [1.807, 2.05) is 6.07 Å². The molecule has 0 spiro atoms. The number of anilines is 1. The summed E-state index contributed by atoms with van der Waals surface area (Å²) in [6, 6.07) is 8.86. The van der Waals surface area contributed by atoms with E-state index in [2.05, 4.69) is 0 Å². The first-order chi connectivity index (χ1) is 9.01. The minimum Gasteiger partial charge on any atom is -0.481 e. The standard InChI is InChI=1S/C13H17NO4S/c15-13(16)7-4-10-14(11-5-2-1-3-6-11)19(17,18)12-8-9-12/h1-3,5-6,12H,4,7-10H2,(H,15,16). The van der Waals surface area contributed by atoms with Crippen LogP contribution in [0.15, 0.2) is 30.3 Å². The summed E-state index contributed by atoms with van der Waals surface area (Å²) in [5.74, 6) is -0.906. The number of benzene rings is 1. The van der Waals surface area contributed by atoms with Crippen molar-refractivity contribution in [3.63, 3.8) is 0 Å². The molecule has 1 N–H and O–H groups in total. The van der Waals surface area contributed by atoms with Gasteiger partial charge in [0.1, 0.15) is 0 Å². The molecule has 0 aliphatic heterocycles. The van der Waals surface area contributed by atoms with Gasteiger partial charge in [-0.3, -0.25) is 9.10 Å². The highest BCUT2D eigenvalue weighted by atomic mass is 32.2. The fourth-order valence-electron chi connectivity index (χ4n) is 1.92. The van der Waals surface area contributed by atoms with E-state index in [9.17, 15) is 13.2 Å². The van der Waals surface area contributed by atoms with Crippen LogP contribution < -0.4 is 4.31 Å². The summed E-state index contributed by atoms with van der Waals surface area (Å²) in [6.45, 7) is 0.217. The summed E-state index contributed by atoms with van der Waals surface area (Å²) in [7, 11) is -3.34. The van der Waals surface area contributed by atoms with Crippen molar-refractivity contribution in [2.75, 3.05) is 10.8 Å². The van der Waals surface area contributed by atoms with Gasteiger partial charge in [-0.1, -0.05) is 18.2 Å². The molecule has 0 unspecified atom stereocenters. The van der Waals surface area contributed by atoms with E-state index in [4.69, 9.17) is 5.11 Å². The molecular weight excluding hydrogens is 266 g/mol. The first-order valence-electron chi connectivity index (χ1n) is 6.30. The highest BCUT2D eigenvalue weighted by Crippen LogP contribution is 2.33. The number of sulfonamides is 1. The predicted molar refractivity (Wildman–Crippen MR) is 72.6 cm³/mol. The Balaban J connectivity index is 2.16. The molecule has 19 heavy (non-hydrogen) atoms. The highest BCUT2D eigenvalue weighted by Gasteiger charge is 2.40. The lowest BCUT2D eigenvalue weighted by atomic mass is 10.3. The smallest absolute Gasteiger partial charge is 0.303 e. The van der Waals surface area contributed by atoms with Crippen molar-refractivity contribution in [2.45, 2.75) is 30.9 Å². The first kappa shape index (κ1) is 13.9. The number of hydrogen-bond donors (Lipinski definition) is 1. The number of carboxylic acid groups (broad SMARTS) is 1. The molecule has 1 aromatic rings. The molecular formula is C13H17NO4S. The van der Waals surface area contributed by atoms with Gasteiger partial charge in [0.15, 0.2) is 0 Å². The second kappa shape index (κ2) is 5.61. The summed E-state index contributed by atoms with van der Waals surface area (Å²) in [4.78, 5) is 10.5. The van der Waals surface area contributed by atoms with Crippen molar-refractivity contribution >= 4 is 21.7 Å². The number of rotatable bonds is 7. The average molecular weight is 283 g/mol. The number of carbonyl (C=O) groups is 1. The Hall–Kier alpha value is -1.56. The average Bonchev–Trinajstić information content (AvgIpc) is 3.19. The minimum absolute atomic E-state index is 0.0243. The predicted octanol–water partition coefficient (Wildman–Crippen LogP) is 1.85. The van der Waals surface area contributed by atoms with Crippen LogP contribution in [0.1, 0.15) is 25.7 Å². The zero-order chi connectivity index (χ0) is 13.9. The Morgan fingerprint density at radius 2 is 1.89 bits per heavy atom. The fraction of sp³-hybridized carbons (Fsp3) is 0.462. The fourth-order valence-corrected chi connectivity index (χ4v) is 3.81. The molecule has 1 aliphatic rings. The third-order valence-electron chi connectivity index (χ3n) is 3.05. The first-order valence-corrected chi connectivity index (χ1v) is 7.80. The second-order valence-electron chi connectivity index (χ2n) is 4.65. The summed E-state index contributed by atoms with van der Waals surface area (Å²) in [5.41, 5.74) is 0.611. The van der Waals surface area contributed by atoms with Crippen LogP contribution >= 0.6 is 0 Å². The van der Waals surface area contributed by atoms with E-state index in [0.29, 0.717) is 24.9 Å². The molecule has 6 heteroatoms. The molecule has 0 heterocycles. The number of nitrogens with zero attached hydrogens (tertiary/aromatic N) is 1. The van der Waals surface area contributed by atoms with Crippen molar-refractivity contribution in [3.8, 4) is 0 Å². The van der Waals surface area contributed by atoms with Crippen LogP contribution in [0.5, 0.6) is 0 Å². The Morgan fingerprint density at radius 3 is 2.42 bits per heavy atom. The van der Waals surface area contributed by atoms with Crippen LogP contribution in [0.25, 0.3) is 0 Å². The van der Waals surface area contributed by atoms with E-state index in [0.717, 1.165) is 0 Å². The topological polar surface area (TPSA) is 74.7 Å². The monoisotopic (exact) mass is 283 g/mol. The van der Waals surface area contributed by atoms with Crippen molar-refractivity contribution < 1.29 is 18.3 Å². The molecule has 5 nitrogen and oxygen atoms in total. The van der Waals surface area contributed by atoms with Crippen molar-refractivity contribution in [1.82, 2.24) is 0 Å². The van der Waals surface area contributed by atoms with Gasteiger partial charge in [0, 0.05) is 13.0 Å². The molecule has 1 aromatic carbocycles. The molecule has 0 amide bonds. The minimum atomic E-state index is -3.34. The molecule has 104 valence electrons. The molecule has 1 aliphatic carbocycles. The van der Waals surface area contributed by atoms with Gasteiger partial charge in [-0.25, -0.2) is 8.42 Å². The van der Waals surface area contributed by atoms with Crippen molar-refractivity contribution in [2.24, 2.45) is 0 Å². The van der Waals surface area contributed by atoms with Crippen molar-refractivity contribution in [3.05, 3.63) is 30.3 Å². The molecule has 1 fully saturated rings. The number of hydrogen-bond acceptors (Lipinski definition) is 3. The lowest BCUT2D eigenvalue weighted by molar-refractivity contribution is -0.137. The summed E-state index contributed by atoms with van der Waals surface area (Å²) in [6.07, 6.45) is 1.69. The summed E-state index contributed by atoms with van der Waals surface area (Å²) >= 11 is 0. The Kier molecular flexibility index (Phi) is 4.09. The maximum absolute atomic E-state index is 12.3. The van der Waals surface area contributed by atoms with Gasteiger partial charge in [-0.2, -0.15) is 0 Å². The third-order valence-corrected chi connectivity index (χ3v) is 5.37. The quantitative estimate of drug-likeness (QED) is 0.828. The maximum atomic E-state index is 12.3. The summed E-state index contributed by atoms with van der Waals surface area (Å²) in [5, 5.41) is 8.36. The lowest BCUT2D eigenvalue weighted by Crippen LogP contribution is -2.34. The van der Waals surface area contributed by atoms with Crippen LogP contribution in [-0.4, -0.2) is 31.3 Å². The van der Waals surface area contributed by atoms with Gasteiger partial charge in [0.25, 0.3) is 0 Å². The van der Waals surface area contributed by atoms with Gasteiger partial charge in [0.2, 0.25) is 10.0 Å². The van der Waals surface area contributed by atoms with E-state index in [-0.39, 0.29) is 18.2 Å². The lowest BCUT2D eigenvalue weighted by Gasteiger charge is -2.24. The van der Waals surface area contributed by atoms with Gasteiger partial charge < -0.3 is 5.11 Å². The van der Waals surface area contributed by atoms with Crippen LogP contribution in [0.4, 0.5) is 5.69 Å². The van der Waals surface area contributed by atoms with Crippen molar-refractivity contribution in [1.29, 1.82) is 0 Å². The summed E-state index contributed by atoms with van der Waals surface area (Å²) < 4.78 is 26.1. The second-order valence-corrected chi connectivity index (χ2v) is 6.79. The van der Waals surface area contributed by atoms with Crippen LogP contribution in [0, 0.1) is 0 Å². The number of carboxylic acids is 1. The molecule has 0 aromatic heterocycles. The van der Waals surface area contributed by atoms with Gasteiger partial charge in [0.05, 0.1) is 10.9 Å². The third kappa shape index (κ3) is 3.47. The molecule has 0 saturated heterocycles. The number of aliphatic carboxylic acids is 1. The van der Waals surface area contributed by atoms with Crippen LogP contribution in [-0.2, 0) is 14.8 Å². The SMILES string of the molecule is O=C(O)CCCN(c1ccccc1)S(=O)(=O)C1CC1. The molecule has 0 atom stereocenters. The Bertz CT molecular complexity index is 537. The van der Waals surface area contributed by atoms with E-state index in [1.165, 1.54) is 4.31 Å². The highest BCUT2D eigenvalue weighted by molar-refractivity contribution is 7.93. The van der Waals surface area contributed by atoms with Gasteiger partial charge in [-0.15, -0.1) is 0 Å². The molecule has 1 saturated carbocycles. The van der Waals surface area contributed by atoms with Gasteiger partial charge in [-0.05, 0) is 31.4 Å².